The normalized spacial score (nSPS) is 13.1. The van der Waals surface area contributed by atoms with Gasteiger partial charge in [-0.1, -0.05) is 36.4 Å². The number of rotatable bonds is 7. The number of alkyl halides is 3. The third-order valence-corrected chi connectivity index (χ3v) is 6.22. The van der Waals surface area contributed by atoms with Gasteiger partial charge in [0, 0.05) is 0 Å². The summed E-state index contributed by atoms with van der Waals surface area (Å²) in [7, 11) is 0. The van der Waals surface area contributed by atoms with Crippen molar-refractivity contribution in [2.45, 2.75) is 39.0 Å². The van der Waals surface area contributed by atoms with Gasteiger partial charge in [-0.2, -0.15) is 13.2 Å². The number of benzene rings is 3. The van der Waals surface area contributed by atoms with E-state index in [9.17, 15) is 22.8 Å². The van der Waals surface area contributed by atoms with Gasteiger partial charge in [0.25, 0.3) is 5.56 Å². The van der Waals surface area contributed by atoms with Gasteiger partial charge in [0.2, 0.25) is 0 Å². The van der Waals surface area contributed by atoms with E-state index in [1.165, 1.54) is 17.0 Å². The van der Waals surface area contributed by atoms with Crippen molar-refractivity contribution in [3.8, 4) is 5.75 Å². The van der Waals surface area contributed by atoms with E-state index in [2.05, 4.69) is 15.3 Å². The number of aromatic nitrogens is 2. The van der Waals surface area contributed by atoms with Gasteiger partial charge in [-0.3, -0.25) is 4.79 Å². The molecule has 7 nitrogen and oxygen atoms in total. The average molecular weight is 525 g/mol. The Hall–Kier alpha value is -4.34. The lowest BCUT2D eigenvalue weighted by molar-refractivity contribution is -0.137. The van der Waals surface area contributed by atoms with E-state index in [0.29, 0.717) is 29.1 Å². The second kappa shape index (κ2) is 11.0. The number of carbonyl (C=O) groups is 1. The van der Waals surface area contributed by atoms with Crippen LogP contribution in [0.15, 0.2) is 77.6 Å². The van der Waals surface area contributed by atoms with Crippen molar-refractivity contribution >= 4 is 22.8 Å². The van der Waals surface area contributed by atoms with E-state index in [1.807, 2.05) is 0 Å². The summed E-state index contributed by atoms with van der Waals surface area (Å²) in [5.41, 5.74) is 0.392. The molecule has 0 radical (unpaired) electrons. The van der Waals surface area contributed by atoms with Crippen LogP contribution < -0.4 is 15.6 Å². The zero-order chi connectivity index (χ0) is 27.4. The topological polar surface area (TPSA) is 87.3 Å². The Morgan fingerprint density at radius 3 is 2.47 bits per heavy atom. The first-order valence-corrected chi connectivity index (χ1v) is 12.1. The summed E-state index contributed by atoms with van der Waals surface area (Å²) in [6.07, 6.45) is -4.55. The molecule has 0 saturated heterocycles. The number of carbonyl (C=O) groups excluding carboxylic acids is 1. The molecule has 0 aliphatic heterocycles. The van der Waals surface area contributed by atoms with Crippen molar-refractivity contribution in [3.05, 3.63) is 100.0 Å². The highest BCUT2D eigenvalue weighted by atomic mass is 19.4. The molecule has 1 aromatic heterocycles. The number of urea groups is 1. The van der Waals surface area contributed by atoms with Gasteiger partial charge in [-0.25, -0.2) is 9.78 Å². The molecule has 2 amide bonds. The fourth-order valence-corrected chi connectivity index (χ4v) is 4.31. The maximum Gasteiger partial charge on any atom is 0.416 e. The Balaban J connectivity index is 1.79. The number of nitrogens with zero attached hydrogens (tertiary/aromatic N) is 2. The van der Waals surface area contributed by atoms with E-state index in [0.717, 1.165) is 12.1 Å². The van der Waals surface area contributed by atoms with Crippen molar-refractivity contribution in [2.75, 3.05) is 11.9 Å². The Morgan fingerprint density at radius 2 is 1.74 bits per heavy atom. The summed E-state index contributed by atoms with van der Waals surface area (Å²) in [6.45, 7) is 5.39. The van der Waals surface area contributed by atoms with E-state index in [4.69, 9.17) is 4.74 Å². The number of nitrogens with one attached hydrogen (secondary N) is 2. The molecule has 0 spiro atoms. The first-order chi connectivity index (χ1) is 18.1. The number of amides is 2. The summed E-state index contributed by atoms with van der Waals surface area (Å²) < 4.78 is 46.0. The second-order valence-corrected chi connectivity index (χ2v) is 8.71. The molecular weight excluding hydrogens is 497 g/mol. The van der Waals surface area contributed by atoms with Crippen LogP contribution in [0, 0.1) is 0 Å². The molecule has 10 heteroatoms. The van der Waals surface area contributed by atoms with Crippen molar-refractivity contribution in [3.63, 3.8) is 0 Å². The van der Waals surface area contributed by atoms with Crippen LogP contribution in [0.3, 0.4) is 0 Å². The molecule has 0 saturated carbocycles. The molecular formula is C28H27F3N4O3. The number of halogens is 3. The number of hydrogen-bond acceptors (Lipinski definition) is 4. The minimum atomic E-state index is -4.55. The smallest absolute Gasteiger partial charge is 0.416 e. The maximum absolute atomic E-state index is 13.8. The van der Waals surface area contributed by atoms with Crippen molar-refractivity contribution in [1.82, 2.24) is 14.9 Å². The number of H-pyrrole nitrogens is 1. The highest BCUT2D eigenvalue weighted by Crippen LogP contribution is 2.35. The molecule has 0 aliphatic rings. The van der Waals surface area contributed by atoms with Gasteiger partial charge in [-0.05, 0) is 62.7 Å². The first-order valence-electron chi connectivity index (χ1n) is 12.1. The lowest BCUT2D eigenvalue weighted by atomic mass is 10.0. The quantitative estimate of drug-likeness (QED) is 0.282. The molecule has 0 fully saturated rings. The Bertz CT molecular complexity index is 1500. The molecule has 0 bridgehead atoms. The summed E-state index contributed by atoms with van der Waals surface area (Å²) in [6, 6.07) is 16.1. The van der Waals surface area contributed by atoms with Gasteiger partial charge in [0.1, 0.15) is 11.4 Å². The molecule has 4 aromatic rings. The van der Waals surface area contributed by atoms with Crippen LogP contribution >= 0.6 is 0 Å². The monoisotopic (exact) mass is 524 g/mol. The number of fused-ring (bicyclic) bond motifs is 1. The van der Waals surface area contributed by atoms with Crippen LogP contribution in [-0.2, 0) is 6.18 Å². The average Bonchev–Trinajstić information content (AvgIpc) is 2.89. The van der Waals surface area contributed by atoms with Gasteiger partial charge >= 0.3 is 12.2 Å². The molecule has 2 atom stereocenters. The number of para-hydroxylation sites is 4. The third-order valence-electron chi connectivity index (χ3n) is 6.22. The van der Waals surface area contributed by atoms with Crippen molar-refractivity contribution < 1.29 is 22.7 Å². The summed E-state index contributed by atoms with van der Waals surface area (Å²) in [5, 5.41) is 2.80. The molecule has 2 N–H and O–H groups in total. The number of anilines is 1. The Kier molecular flexibility index (Phi) is 7.70. The molecule has 3 aromatic carbocycles. The van der Waals surface area contributed by atoms with E-state index in [1.54, 1.807) is 69.3 Å². The fourth-order valence-electron chi connectivity index (χ4n) is 4.31. The molecule has 4 rings (SSSR count). The van der Waals surface area contributed by atoms with Crippen molar-refractivity contribution in [1.29, 1.82) is 0 Å². The van der Waals surface area contributed by atoms with E-state index in [-0.39, 0.29) is 11.3 Å². The first kappa shape index (κ1) is 26.7. The standard InChI is InChI=1S/C28H27F3N4O3/c1-4-38-24-15-8-7-14-23(24)34-27(37)35(17(2)19-10-9-11-20(16-19)28(29,30)31)18(3)25-26(36)33-22-13-6-5-12-21(22)32-25/h5-18H,4H2,1-3H3,(H,33,36)(H,34,37). The van der Waals surface area contributed by atoms with Crippen LogP contribution in [0.4, 0.5) is 23.7 Å². The number of ether oxygens (including phenoxy) is 1. The predicted octanol–water partition coefficient (Wildman–Crippen LogP) is 6.70. The van der Waals surface area contributed by atoms with Crippen LogP contribution in [0.25, 0.3) is 11.0 Å². The van der Waals surface area contributed by atoms with Crippen LogP contribution in [0.5, 0.6) is 5.75 Å². The fraction of sp³-hybridized carbons (Fsp3) is 0.250. The molecule has 198 valence electrons. The number of hydrogen-bond donors (Lipinski definition) is 2. The minimum absolute atomic E-state index is 0.0516. The van der Waals surface area contributed by atoms with Gasteiger partial charge < -0.3 is 19.9 Å². The highest BCUT2D eigenvalue weighted by molar-refractivity contribution is 5.91. The molecule has 0 aliphatic carbocycles. The van der Waals surface area contributed by atoms with Crippen LogP contribution in [0.2, 0.25) is 0 Å². The molecule has 38 heavy (non-hydrogen) atoms. The van der Waals surface area contributed by atoms with E-state index >= 15 is 0 Å². The zero-order valence-corrected chi connectivity index (χ0v) is 21.0. The minimum Gasteiger partial charge on any atom is -0.492 e. The summed E-state index contributed by atoms with van der Waals surface area (Å²) >= 11 is 0. The molecule has 1 heterocycles. The summed E-state index contributed by atoms with van der Waals surface area (Å²) in [4.78, 5) is 35.3. The van der Waals surface area contributed by atoms with Crippen molar-refractivity contribution in [2.24, 2.45) is 0 Å². The SMILES string of the molecule is CCOc1ccccc1NC(=O)N(C(C)c1cccc(C(F)(F)F)c1)C(C)c1nc2ccccc2[nH]c1=O. The number of aromatic amines is 1. The maximum atomic E-state index is 13.8. The molecule has 2 unspecified atom stereocenters. The van der Waals surface area contributed by atoms with Gasteiger partial charge in [-0.15, -0.1) is 0 Å². The Morgan fingerprint density at radius 1 is 1.03 bits per heavy atom. The van der Waals surface area contributed by atoms with Crippen LogP contribution in [-0.4, -0.2) is 27.5 Å². The lowest BCUT2D eigenvalue weighted by Crippen LogP contribution is -2.41. The van der Waals surface area contributed by atoms with E-state index < -0.39 is 35.4 Å². The zero-order valence-electron chi connectivity index (χ0n) is 21.0. The summed E-state index contributed by atoms with van der Waals surface area (Å²) in [5.74, 6) is 0.435. The van der Waals surface area contributed by atoms with Gasteiger partial charge in [0.05, 0.1) is 41.0 Å². The third kappa shape index (κ3) is 5.64. The predicted molar refractivity (Wildman–Crippen MR) is 139 cm³/mol. The highest BCUT2D eigenvalue weighted by Gasteiger charge is 2.34. The van der Waals surface area contributed by atoms with Gasteiger partial charge in [0.15, 0.2) is 0 Å². The van der Waals surface area contributed by atoms with Crippen LogP contribution in [0.1, 0.15) is 49.7 Å². The second-order valence-electron chi connectivity index (χ2n) is 8.71. The lowest BCUT2D eigenvalue weighted by Gasteiger charge is -2.34. The Labute approximate surface area is 217 Å². The largest absolute Gasteiger partial charge is 0.492 e.